The number of amides is 1. The van der Waals surface area contributed by atoms with Crippen molar-refractivity contribution < 1.29 is 9.53 Å². The molecule has 0 spiro atoms. The fourth-order valence-corrected chi connectivity index (χ4v) is 3.32. The Hall–Kier alpha value is -3.26. The maximum absolute atomic E-state index is 12.4. The number of aryl methyl sites for hydroxylation is 1. The SMILES string of the molecule is CCOc1ccc(C(=O)Nc2nn3c(-c4ccc(C)cc4)nnc3s2)cc1. The Balaban J connectivity index is 1.56. The minimum Gasteiger partial charge on any atom is -0.494 e. The molecular formula is C19H17N5O2S. The van der Waals surface area contributed by atoms with Crippen LogP contribution in [0, 0.1) is 6.92 Å². The largest absolute Gasteiger partial charge is 0.494 e. The van der Waals surface area contributed by atoms with Crippen molar-refractivity contribution in [2.75, 3.05) is 11.9 Å². The summed E-state index contributed by atoms with van der Waals surface area (Å²) in [5.41, 5.74) is 2.62. The van der Waals surface area contributed by atoms with Crippen molar-refractivity contribution in [3.05, 3.63) is 59.7 Å². The Labute approximate surface area is 159 Å². The molecule has 0 bridgehead atoms. The van der Waals surface area contributed by atoms with E-state index >= 15 is 0 Å². The van der Waals surface area contributed by atoms with E-state index in [-0.39, 0.29) is 5.91 Å². The monoisotopic (exact) mass is 379 g/mol. The zero-order chi connectivity index (χ0) is 18.8. The molecule has 2 aromatic heterocycles. The van der Waals surface area contributed by atoms with E-state index in [0.717, 1.165) is 11.3 Å². The average molecular weight is 379 g/mol. The van der Waals surface area contributed by atoms with Crippen molar-refractivity contribution in [2.45, 2.75) is 13.8 Å². The van der Waals surface area contributed by atoms with Crippen LogP contribution in [0.5, 0.6) is 5.75 Å². The lowest BCUT2D eigenvalue weighted by Crippen LogP contribution is -2.12. The second-order valence-corrected chi connectivity index (χ2v) is 6.86. The molecule has 1 N–H and O–H groups in total. The number of carbonyl (C=O) groups is 1. The summed E-state index contributed by atoms with van der Waals surface area (Å²) in [6.07, 6.45) is 0. The van der Waals surface area contributed by atoms with Crippen LogP contribution in [0.15, 0.2) is 48.5 Å². The van der Waals surface area contributed by atoms with E-state index in [1.54, 1.807) is 28.8 Å². The van der Waals surface area contributed by atoms with E-state index in [1.165, 1.54) is 16.9 Å². The van der Waals surface area contributed by atoms with Crippen LogP contribution < -0.4 is 10.1 Å². The molecule has 2 aromatic carbocycles. The number of benzene rings is 2. The lowest BCUT2D eigenvalue weighted by molar-refractivity contribution is 0.102. The van der Waals surface area contributed by atoms with Gasteiger partial charge in [0.1, 0.15) is 5.75 Å². The Bertz CT molecular complexity index is 1080. The third kappa shape index (κ3) is 3.52. The molecule has 0 aliphatic heterocycles. The first-order valence-corrected chi connectivity index (χ1v) is 9.29. The van der Waals surface area contributed by atoms with Crippen LogP contribution in [-0.4, -0.2) is 32.3 Å². The molecular weight excluding hydrogens is 362 g/mol. The fourth-order valence-electron chi connectivity index (χ4n) is 2.59. The van der Waals surface area contributed by atoms with Crippen LogP contribution in [-0.2, 0) is 0 Å². The lowest BCUT2D eigenvalue weighted by atomic mass is 10.1. The lowest BCUT2D eigenvalue weighted by Gasteiger charge is -2.04. The predicted molar refractivity (Wildman–Crippen MR) is 104 cm³/mol. The highest BCUT2D eigenvalue weighted by atomic mass is 32.1. The molecule has 0 aliphatic carbocycles. The molecule has 0 unspecified atom stereocenters. The summed E-state index contributed by atoms with van der Waals surface area (Å²) >= 11 is 1.27. The van der Waals surface area contributed by atoms with E-state index in [0.29, 0.717) is 28.1 Å². The highest BCUT2D eigenvalue weighted by Crippen LogP contribution is 2.25. The molecule has 8 heteroatoms. The number of hydrogen-bond donors (Lipinski definition) is 1. The Kier molecular flexibility index (Phi) is 4.55. The zero-order valence-electron chi connectivity index (χ0n) is 14.8. The minimum atomic E-state index is -0.236. The molecule has 4 rings (SSSR count). The Morgan fingerprint density at radius 2 is 1.85 bits per heavy atom. The summed E-state index contributed by atoms with van der Waals surface area (Å²) in [7, 11) is 0. The van der Waals surface area contributed by atoms with Crippen LogP contribution in [0.3, 0.4) is 0 Å². The van der Waals surface area contributed by atoms with Crippen molar-refractivity contribution in [3.8, 4) is 17.1 Å². The molecule has 136 valence electrons. The van der Waals surface area contributed by atoms with E-state index in [9.17, 15) is 4.79 Å². The van der Waals surface area contributed by atoms with Crippen LogP contribution in [0.2, 0.25) is 0 Å². The maximum atomic E-state index is 12.4. The van der Waals surface area contributed by atoms with Gasteiger partial charge in [0.25, 0.3) is 5.91 Å². The van der Waals surface area contributed by atoms with Gasteiger partial charge in [-0.1, -0.05) is 41.2 Å². The number of ether oxygens (including phenoxy) is 1. The first kappa shape index (κ1) is 17.2. The molecule has 0 saturated heterocycles. The van der Waals surface area contributed by atoms with Crippen LogP contribution in [0.1, 0.15) is 22.8 Å². The van der Waals surface area contributed by atoms with Gasteiger partial charge in [-0.2, -0.15) is 4.52 Å². The molecule has 0 aliphatic rings. The highest BCUT2D eigenvalue weighted by molar-refractivity contribution is 7.20. The first-order valence-electron chi connectivity index (χ1n) is 8.47. The minimum absolute atomic E-state index is 0.236. The van der Waals surface area contributed by atoms with Gasteiger partial charge in [-0.15, -0.1) is 15.3 Å². The number of carbonyl (C=O) groups excluding carboxylic acids is 1. The molecule has 0 fully saturated rings. The highest BCUT2D eigenvalue weighted by Gasteiger charge is 2.15. The third-order valence-electron chi connectivity index (χ3n) is 3.95. The van der Waals surface area contributed by atoms with Gasteiger partial charge in [0.05, 0.1) is 6.61 Å². The number of anilines is 1. The summed E-state index contributed by atoms with van der Waals surface area (Å²) in [6.45, 7) is 4.53. The average Bonchev–Trinajstić information content (AvgIpc) is 3.23. The molecule has 0 radical (unpaired) electrons. The second-order valence-electron chi connectivity index (χ2n) is 5.90. The fraction of sp³-hybridized carbons (Fsp3) is 0.158. The molecule has 27 heavy (non-hydrogen) atoms. The van der Waals surface area contributed by atoms with Gasteiger partial charge >= 0.3 is 0 Å². The summed E-state index contributed by atoms with van der Waals surface area (Å²) < 4.78 is 7.03. The number of nitrogens with one attached hydrogen (secondary N) is 1. The van der Waals surface area contributed by atoms with Gasteiger partial charge in [0.15, 0.2) is 5.82 Å². The van der Waals surface area contributed by atoms with Gasteiger partial charge < -0.3 is 4.74 Å². The normalized spacial score (nSPS) is 10.9. The molecule has 0 atom stereocenters. The molecule has 7 nitrogen and oxygen atoms in total. The third-order valence-corrected chi connectivity index (χ3v) is 4.76. The summed E-state index contributed by atoms with van der Waals surface area (Å²) in [5, 5.41) is 16.1. The van der Waals surface area contributed by atoms with E-state index in [2.05, 4.69) is 20.6 Å². The molecule has 4 aromatic rings. The number of nitrogens with zero attached hydrogens (tertiary/aromatic N) is 4. The summed E-state index contributed by atoms with van der Waals surface area (Å²) in [4.78, 5) is 13.1. The van der Waals surface area contributed by atoms with E-state index in [4.69, 9.17) is 4.74 Å². The Morgan fingerprint density at radius 3 is 2.56 bits per heavy atom. The number of hydrogen-bond acceptors (Lipinski definition) is 6. The molecule has 0 saturated carbocycles. The molecule has 2 heterocycles. The van der Waals surface area contributed by atoms with Crippen molar-refractivity contribution in [1.29, 1.82) is 0 Å². The van der Waals surface area contributed by atoms with Gasteiger partial charge in [-0.3, -0.25) is 10.1 Å². The van der Waals surface area contributed by atoms with E-state index in [1.807, 2.05) is 38.1 Å². The van der Waals surface area contributed by atoms with Gasteiger partial charge in [-0.05, 0) is 38.1 Å². The van der Waals surface area contributed by atoms with Crippen molar-refractivity contribution in [1.82, 2.24) is 19.8 Å². The van der Waals surface area contributed by atoms with Crippen LogP contribution >= 0.6 is 11.3 Å². The molecule has 1 amide bonds. The maximum Gasteiger partial charge on any atom is 0.257 e. The summed E-state index contributed by atoms with van der Waals surface area (Å²) in [6, 6.07) is 15.0. The quantitative estimate of drug-likeness (QED) is 0.570. The number of aromatic nitrogens is 4. The zero-order valence-corrected chi connectivity index (χ0v) is 15.7. The van der Waals surface area contributed by atoms with Crippen LogP contribution in [0.25, 0.3) is 16.3 Å². The van der Waals surface area contributed by atoms with Gasteiger partial charge in [0, 0.05) is 11.1 Å². The van der Waals surface area contributed by atoms with Crippen molar-refractivity contribution in [3.63, 3.8) is 0 Å². The standard InChI is InChI=1S/C19H17N5O2S/c1-3-26-15-10-8-14(9-11-15)17(25)20-18-23-24-16(21-22-19(24)27-18)13-6-4-12(2)5-7-13/h4-11H,3H2,1-2H3,(H,20,23,25). The predicted octanol–water partition coefficient (Wildman–Crippen LogP) is 3.81. The van der Waals surface area contributed by atoms with Gasteiger partial charge in [-0.25, -0.2) is 0 Å². The second kappa shape index (κ2) is 7.16. The smallest absolute Gasteiger partial charge is 0.257 e. The summed E-state index contributed by atoms with van der Waals surface area (Å²) in [5.74, 6) is 1.14. The Morgan fingerprint density at radius 1 is 1.11 bits per heavy atom. The topological polar surface area (TPSA) is 81.4 Å². The van der Waals surface area contributed by atoms with Gasteiger partial charge in [0.2, 0.25) is 10.1 Å². The number of rotatable bonds is 5. The number of fused-ring (bicyclic) bond motifs is 1. The van der Waals surface area contributed by atoms with Crippen molar-refractivity contribution >= 4 is 27.3 Å². The first-order chi connectivity index (χ1) is 13.1. The van der Waals surface area contributed by atoms with Crippen molar-refractivity contribution in [2.24, 2.45) is 0 Å². The van der Waals surface area contributed by atoms with Crippen LogP contribution in [0.4, 0.5) is 5.13 Å². The van der Waals surface area contributed by atoms with E-state index < -0.39 is 0 Å².